The number of hydrazone groups is 1. The van der Waals surface area contributed by atoms with Gasteiger partial charge >= 0.3 is 5.97 Å². The Balaban J connectivity index is 1.91. The lowest BCUT2D eigenvalue weighted by Gasteiger charge is -2.20. The summed E-state index contributed by atoms with van der Waals surface area (Å²) < 4.78 is 0. The van der Waals surface area contributed by atoms with Crippen LogP contribution in [0.2, 0.25) is 0 Å². The third kappa shape index (κ3) is 10.4. The summed E-state index contributed by atoms with van der Waals surface area (Å²) in [6.07, 6.45) is 14.7. The summed E-state index contributed by atoms with van der Waals surface area (Å²) in [6.45, 7) is 0. The lowest BCUT2D eigenvalue weighted by atomic mass is 9.86. The molecule has 0 saturated heterocycles. The fourth-order valence-corrected chi connectivity index (χ4v) is 2.94. The Hall–Kier alpha value is -1.39. The van der Waals surface area contributed by atoms with Crippen molar-refractivity contribution in [1.82, 2.24) is 5.43 Å². The molecule has 0 aromatic rings. The van der Waals surface area contributed by atoms with Crippen LogP contribution in [0.25, 0.3) is 0 Å². The first-order valence-electron chi connectivity index (χ1n) is 8.70. The normalized spacial score (nSPS) is 16.0. The van der Waals surface area contributed by atoms with E-state index in [1.165, 1.54) is 38.5 Å². The highest BCUT2D eigenvalue weighted by molar-refractivity contribution is 5.76. The molecule has 0 spiro atoms. The van der Waals surface area contributed by atoms with Gasteiger partial charge in [0.05, 0.1) is 0 Å². The molecule has 2 N–H and O–H groups in total. The third-order valence-electron chi connectivity index (χ3n) is 4.25. The Labute approximate surface area is 133 Å². The number of hydrogen-bond donors (Lipinski definition) is 2. The maximum absolute atomic E-state index is 11.5. The van der Waals surface area contributed by atoms with E-state index >= 15 is 0 Å². The third-order valence-corrected chi connectivity index (χ3v) is 4.25. The van der Waals surface area contributed by atoms with E-state index in [0.717, 1.165) is 31.6 Å². The molecule has 0 unspecified atom stereocenters. The van der Waals surface area contributed by atoms with Crippen molar-refractivity contribution in [3.63, 3.8) is 0 Å². The average molecular weight is 310 g/mol. The van der Waals surface area contributed by atoms with E-state index in [9.17, 15) is 9.59 Å². The predicted octanol–water partition coefficient (Wildman–Crippen LogP) is 3.87. The molecule has 22 heavy (non-hydrogen) atoms. The van der Waals surface area contributed by atoms with Gasteiger partial charge in [-0.05, 0) is 31.6 Å². The van der Waals surface area contributed by atoms with Crippen LogP contribution in [0.15, 0.2) is 5.10 Å². The molecule has 0 aromatic heterocycles. The number of carbonyl (C=O) groups excluding carboxylic acids is 1. The van der Waals surface area contributed by atoms with Gasteiger partial charge < -0.3 is 5.11 Å². The maximum Gasteiger partial charge on any atom is 0.303 e. The van der Waals surface area contributed by atoms with Crippen molar-refractivity contribution in [2.24, 2.45) is 11.0 Å². The predicted molar refractivity (Wildman–Crippen MR) is 87.8 cm³/mol. The first-order chi connectivity index (χ1) is 10.7. The Morgan fingerprint density at radius 1 is 1.05 bits per heavy atom. The number of amides is 1. The minimum Gasteiger partial charge on any atom is -0.481 e. The molecule has 1 aliphatic carbocycles. The Kier molecular flexibility index (Phi) is 10.3. The highest BCUT2D eigenvalue weighted by atomic mass is 16.4. The molecular weight excluding hydrogens is 280 g/mol. The fraction of sp³-hybridized carbons (Fsp3) is 0.824. The van der Waals surface area contributed by atoms with Crippen LogP contribution in [0.1, 0.15) is 83.5 Å². The Bertz CT molecular complexity index is 350. The first kappa shape index (κ1) is 18.7. The van der Waals surface area contributed by atoms with E-state index < -0.39 is 5.97 Å². The van der Waals surface area contributed by atoms with E-state index in [1.807, 2.05) is 6.21 Å². The molecule has 1 saturated carbocycles. The van der Waals surface area contributed by atoms with Gasteiger partial charge in [0.1, 0.15) is 0 Å². The average Bonchev–Trinajstić information content (AvgIpc) is 2.51. The van der Waals surface area contributed by atoms with Gasteiger partial charge in [0, 0.05) is 19.1 Å². The van der Waals surface area contributed by atoms with E-state index in [2.05, 4.69) is 10.5 Å². The van der Waals surface area contributed by atoms with Crippen LogP contribution >= 0.6 is 0 Å². The molecular formula is C17H30N2O3. The zero-order chi connectivity index (χ0) is 16.0. The molecule has 1 fully saturated rings. The molecule has 0 atom stereocenters. The standard InChI is InChI=1S/C17H30N2O3/c20-16(12-6-1-2-7-13-17(21)22)19-18-14-8-11-15-9-4-3-5-10-15/h14-15H,1-13H2,(H,19,20)(H,21,22)/b18-14+. The summed E-state index contributed by atoms with van der Waals surface area (Å²) in [5.74, 6) is 0.0501. The van der Waals surface area contributed by atoms with Crippen molar-refractivity contribution < 1.29 is 14.7 Å². The SMILES string of the molecule is O=C(O)CCCCCCC(=O)N/N=C/CCC1CCCCC1. The maximum atomic E-state index is 11.5. The van der Waals surface area contributed by atoms with Crippen LogP contribution in [0.5, 0.6) is 0 Å². The van der Waals surface area contributed by atoms with Crippen LogP contribution in [0.4, 0.5) is 0 Å². The molecule has 0 bridgehead atoms. The summed E-state index contributed by atoms with van der Waals surface area (Å²) in [6, 6.07) is 0. The number of carbonyl (C=O) groups is 2. The van der Waals surface area contributed by atoms with Gasteiger partial charge in [0.2, 0.25) is 5.91 Å². The molecule has 1 rings (SSSR count). The van der Waals surface area contributed by atoms with Crippen molar-refractivity contribution in [2.75, 3.05) is 0 Å². The number of nitrogens with one attached hydrogen (secondary N) is 1. The topological polar surface area (TPSA) is 78.8 Å². The van der Waals surface area contributed by atoms with Crippen LogP contribution in [-0.2, 0) is 9.59 Å². The highest BCUT2D eigenvalue weighted by Crippen LogP contribution is 2.26. The molecule has 0 aromatic carbocycles. The second-order valence-electron chi connectivity index (χ2n) is 6.24. The molecule has 0 aliphatic heterocycles. The minimum atomic E-state index is -0.750. The lowest BCUT2D eigenvalue weighted by molar-refractivity contribution is -0.137. The number of carboxylic acid groups (broad SMARTS) is 1. The van der Waals surface area contributed by atoms with E-state index in [-0.39, 0.29) is 12.3 Å². The van der Waals surface area contributed by atoms with Crippen molar-refractivity contribution in [3.05, 3.63) is 0 Å². The molecule has 1 aliphatic rings. The number of unbranched alkanes of at least 4 members (excludes halogenated alkanes) is 3. The van der Waals surface area contributed by atoms with Crippen molar-refractivity contribution in [2.45, 2.75) is 83.5 Å². The van der Waals surface area contributed by atoms with Gasteiger partial charge in [0.25, 0.3) is 0 Å². The van der Waals surface area contributed by atoms with Crippen molar-refractivity contribution >= 4 is 18.1 Å². The van der Waals surface area contributed by atoms with Gasteiger partial charge in [-0.15, -0.1) is 0 Å². The van der Waals surface area contributed by atoms with Crippen molar-refractivity contribution in [1.29, 1.82) is 0 Å². The zero-order valence-electron chi connectivity index (χ0n) is 13.6. The first-order valence-corrected chi connectivity index (χ1v) is 8.70. The Morgan fingerprint density at radius 2 is 1.73 bits per heavy atom. The van der Waals surface area contributed by atoms with Gasteiger partial charge in [-0.1, -0.05) is 44.9 Å². The van der Waals surface area contributed by atoms with Crippen molar-refractivity contribution in [3.8, 4) is 0 Å². The highest BCUT2D eigenvalue weighted by Gasteiger charge is 2.11. The lowest BCUT2D eigenvalue weighted by Crippen LogP contribution is -2.17. The van der Waals surface area contributed by atoms with E-state index in [1.54, 1.807) is 0 Å². The van der Waals surface area contributed by atoms with Gasteiger partial charge in [-0.3, -0.25) is 9.59 Å². The summed E-state index contributed by atoms with van der Waals surface area (Å²) in [5, 5.41) is 12.5. The Morgan fingerprint density at radius 3 is 2.41 bits per heavy atom. The van der Waals surface area contributed by atoms with Gasteiger partial charge in [-0.2, -0.15) is 5.10 Å². The molecule has 126 valence electrons. The monoisotopic (exact) mass is 310 g/mol. The molecule has 5 nitrogen and oxygen atoms in total. The van der Waals surface area contributed by atoms with Crippen LogP contribution in [-0.4, -0.2) is 23.2 Å². The number of rotatable bonds is 11. The van der Waals surface area contributed by atoms with Crippen LogP contribution in [0, 0.1) is 5.92 Å². The summed E-state index contributed by atoms with van der Waals surface area (Å²) in [5.41, 5.74) is 2.57. The smallest absolute Gasteiger partial charge is 0.303 e. The van der Waals surface area contributed by atoms with Crippen LogP contribution < -0.4 is 5.43 Å². The second kappa shape index (κ2) is 12.2. The number of carboxylic acids is 1. The van der Waals surface area contributed by atoms with E-state index in [0.29, 0.717) is 12.8 Å². The van der Waals surface area contributed by atoms with Crippen LogP contribution in [0.3, 0.4) is 0 Å². The minimum absolute atomic E-state index is 0.0489. The largest absolute Gasteiger partial charge is 0.481 e. The fourth-order valence-electron chi connectivity index (χ4n) is 2.94. The zero-order valence-corrected chi connectivity index (χ0v) is 13.6. The number of nitrogens with zero attached hydrogens (tertiary/aromatic N) is 1. The molecule has 0 radical (unpaired) electrons. The number of hydrogen-bond acceptors (Lipinski definition) is 3. The molecule has 1 amide bonds. The van der Waals surface area contributed by atoms with E-state index in [4.69, 9.17) is 5.11 Å². The molecule has 0 heterocycles. The summed E-state index contributed by atoms with van der Waals surface area (Å²) >= 11 is 0. The second-order valence-corrected chi connectivity index (χ2v) is 6.24. The van der Waals surface area contributed by atoms with Gasteiger partial charge in [0.15, 0.2) is 0 Å². The summed E-state index contributed by atoms with van der Waals surface area (Å²) in [7, 11) is 0. The quantitative estimate of drug-likeness (QED) is 0.345. The number of aliphatic carboxylic acids is 1. The molecule has 5 heteroatoms. The summed E-state index contributed by atoms with van der Waals surface area (Å²) in [4.78, 5) is 21.9. The van der Waals surface area contributed by atoms with Gasteiger partial charge in [-0.25, -0.2) is 5.43 Å².